The van der Waals surface area contributed by atoms with Crippen LogP contribution in [0.2, 0.25) is 0 Å². The van der Waals surface area contributed by atoms with Gasteiger partial charge in [-0.15, -0.1) is 0 Å². The maximum Gasteiger partial charge on any atom is 0.308 e. The van der Waals surface area contributed by atoms with Crippen LogP contribution >= 0.6 is 0 Å². The summed E-state index contributed by atoms with van der Waals surface area (Å²) >= 11 is 0. The van der Waals surface area contributed by atoms with Crippen molar-refractivity contribution < 1.29 is 33.7 Å². The van der Waals surface area contributed by atoms with Gasteiger partial charge in [-0.3, -0.25) is 14.4 Å². The van der Waals surface area contributed by atoms with E-state index in [-0.39, 0.29) is 23.6 Å². The maximum atomic E-state index is 13.2. The molecule has 9 heteroatoms. The van der Waals surface area contributed by atoms with Crippen LogP contribution in [0.5, 0.6) is 17.2 Å². The Bertz CT molecular complexity index is 1190. The molecule has 1 aliphatic rings. The highest BCUT2D eigenvalue weighted by Gasteiger charge is 2.46. The number of likely N-dealkylation sites (N-methyl/N-ethyl adjacent to an activating group) is 1. The quantitative estimate of drug-likeness (QED) is 0.170. The van der Waals surface area contributed by atoms with Gasteiger partial charge in [0, 0.05) is 25.6 Å². The Morgan fingerprint density at radius 1 is 1.08 bits per heavy atom. The number of methoxy groups -OCH3 is 1. The normalized spacial score (nSPS) is 17.0. The second-order valence-electron chi connectivity index (χ2n) is 9.53. The summed E-state index contributed by atoms with van der Waals surface area (Å²) in [6.07, 6.45) is 0. The Morgan fingerprint density at radius 2 is 1.76 bits per heavy atom. The van der Waals surface area contributed by atoms with E-state index in [4.69, 9.17) is 14.2 Å². The topological polar surface area (TPSA) is 106 Å². The number of benzene rings is 2. The molecule has 1 heterocycles. The maximum absolute atomic E-state index is 13.2. The highest BCUT2D eigenvalue weighted by molar-refractivity contribution is 6.46. The van der Waals surface area contributed by atoms with Crippen molar-refractivity contribution in [2.45, 2.75) is 26.8 Å². The van der Waals surface area contributed by atoms with Crippen LogP contribution in [0.4, 0.5) is 0 Å². The molecule has 0 saturated carbocycles. The predicted molar refractivity (Wildman–Crippen MR) is 139 cm³/mol. The lowest BCUT2D eigenvalue weighted by atomic mass is 9.95. The Labute approximate surface area is 217 Å². The number of aliphatic hydroxyl groups excluding tert-OH is 1. The predicted octanol–water partition coefficient (Wildman–Crippen LogP) is 3.64. The standard InChI is InChI=1S/C28H34N2O7/c1-17(2)16-36-21-10-7-19(8-11-21)26(32)24-25(30(14-13-29(4)5)28(34)27(24)33)20-9-12-22(35-6)23(15-20)37-18(3)31/h7-12,15,17,25,32H,13-14,16H2,1-6H3/b26-24-. The first-order chi connectivity index (χ1) is 17.5. The number of aliphatic hydroxyl groups is 1. The van der Waals surface area contributed by atoms with Crippen LogP contribution in [0.25, 0.3) is 5.76 Å². The SMILES string of the molecule is COc1ccc(C2/C(=C(/O)c3ccc(OCC(C)C)cc3)C(=O)C(=O)N2CCN(C)C)cc1OC(C)=O. The lowest BCUT2D eigenvalue weighted by molar-refractivity contribution is -0.140. The van der Waals surface area contributed by atoms with E-state index in [0.717, 1.165) is 0 Å². The lowest BCUT2D eigenvalue weighted by Gasteiger charge is -2.27. The van der Waals surface area contributed by atoms with Crippen molar-refractivity contribution in [3.8, 4) is 17.2 Å². The van der Waals surface area contributed by atoms with E-state index < -0.39 is 23.7 Å². The molecule has 1 unspecified atom stereocenters. The summed E-state index contributed by atoms with van der Waals surface area (Å²) in [7, 11) is 5.17. The van der Waals surface area contributed by atoms with Gasteiger partial charge in [0.15, 0.2) is 11.5 Å². The molecule has 198 valence electrons. The van der Waals surface area contributed by atoms with E-state index in [1.807, 2.05) is 32.8 Å². The minimum absolute atomic E-state index is 0.0430. The Hall–Kier alpha value is -3.85. The van der Waals surface area contributed by atoms with Crippen LogP contribution < -0.4 is 14.2 Å². The average molecular weight is 511 g/mol. The molecule has 1 atom stereocenters. The second kappa shape index (κ2) is 11.9. The molecule has 0 aliphatic carbocycles. The fourth-order valence-corrected chi connectivity index (χ4v) is 3.99. The highest BCUT2D eigenvalue weighted by atomic mass is 16.6. The Kier molecular flexibility index (Phi) is 8.94. The van der Waals surface area contributed by atoms with Crippen molar-refractivity contribution in [3.63, 3.8) is 0 Å². The van der Waals surface area contributed by atoms with Crippen LogP contribution in [0, 0.1) is 5.92 Å². The van der Waals surface area contributed by atoms with Crippen molar-refractivity contribution in [2.24, 2.45) is 5.92 Å². The highest BCUT2D eigenvalue weighted by Crippen LogP contribution is 2.42. The molecular formula is C28H34N2O7. The number of carbonyl (C=O) groups is 3. The van der Waals surface area contributed by atoms with E-state index >= 15 is 0 Å². The first-order valence-electron chi connectivity index (χ1n) is 12.1. The molecule has 1 aliphatic heterocycles. The molecule has 3 rings (SSSR count). The number of amides is 1. The van der Waals surface area contributed by atoms with Crippen LogP contribution in [0.15, 0.2) is 48.0 Å². The third-order valence-corrected chi connectivity index (χ3v) is 5.80. The third-order valence-electron chi connectivity index (χ3n) is 5.80. The summed E-state index contributed by atoms with van der Waals surface area (Å²) < 4.78 is 16.3. The molecule has 0 spiro atoms. The summed E-state index contributed by atoms with van der Waals surface area (Å²) in [4.78, 5) is 41.3. The molecule has 0 aromatic heterocycles. The van der Waals surface area contributed by atoms with Crippen LogP contribution in [0.1, 0.15) is 37.9 Å². The zero-order valence-electron chi connectivity index (χ0n) is 22.1. The van der Waals surface area contributed by atoms with Gasteiger partial charge in [0.25, 0.3) is 11.7 Å². The fraction of sp³-hybridized carbons (Fsp3) is 0.393. The Balaban J connectivity index is 2.11. The van der Waals surface area contributed by atoms with Crippen molar-refractivity contribution in [2.75, 3.05) is 40.9 Å². The van der Waals surface area contributed by atoms with Crippen LogP contribution in [-0.4, -0.2) is 73.5 Å². The molecule has 2 aromatic carbocycles. The molecule has 1 saturated heterocycles. The largest absolute Gasteiger partial charge is 0.507 e. The number of ketones is 1. The van der Waals surface area contributed by atoms with Gasteiger partial charge < -0.3 is 29.1 Å². The summed E-state index contributed by atoms with van der Waals surface area (Å²) in [6.45, 7) is 6.64. The smallest absolute Gasteiger partial charge is 0.308 e. The number of rotatable bonds is 10. The minimum Gasteiger partial charge on any atom is -0.507 e. The summed E-state index contributed by atoms with van der Waals surface area (Å²) in [5, 5.41) is 11.3. The lowest BCUT2D eigenvalue weighted by Crippen LogP contribution is -2.35. The van der Waals surface area contributed by atoms with Crippen molar-refractivity contribution >= 4 is 23.4 Å². The van der Waals surface area contributed by atoms with Gasteiger partial charge in [-0.05, 0) is 62.0 Å². The van der Waals surface area contributed by atoms with E-state index in [2.05, 4.69) is 0 Å². The first kappa shape index (κ1) is 27.7. The molecule has 1 N–H and O–H groups in total. The number of carbonyl (C=O) groups excluding carboxylic acids is 3. The van der Waals surface area contributed by atoms with E-state index in [1.165, 1.54) is 18.9 Å². The number of nitrogens with zero attached hydrogens (tertiary/aromatic N) is 2. The monoisotopic (exact) mass is 510 g/mol. The number of likely N-dealkylation sites (tertiary alicyclic amines) is 1. The van der Waals surface area contributed by atoms with Crippen LogP contribution in [0.3, 0.4) is 0 Å². The number of esters is 1. The Morgan fingerprint density at radius 3 is 2.32 bits per heavy atom. The average Bonchev–Trinajstić information content (AvgIpc) is 3.10. The second-order valence-corrected chi connectivity index (χ2v) is 9.53. The van der Waals surface area contributed by atoms with Gasteiger partial charge in [-0.2, -0.15) is 0 Å². The van der Waals surface area contributed by atoms with Crippen LogP contribution in [-0.2, 0) is 14.4 Å². The molecule has 9 nitrogen and oxygen atoms in total. The number of ether oxygens (including phenoxy) is 3. The minimum atomic E-state index is -0.892. The van der Waals surface area contributed by atoms with E-state index in [9.17, 15) is 19.5 Å². The van der Waals surface area contributed by atoms with Gasteiger partial charge >= 0.3 is 5.97 Å². The molecular weight excluding hydrogens is 476 g/mol. The molecule has 1 amide bonds. The van der Waals surface area contributed by atoms with Crippen molar-refractivity contribution in [1.82, 2.24) is 9.80 Å². The van der Waals surface area contributed by atoms with Crippen molar-refractivity contribution in [1.29, 1.82) is 0 Å². The van der Waals surface area contributed by atoms with Gasteiger partial charge in [-0.1, -0.05) is 19.9 Å². The zero-order chi connectivity index (χ0) is 27.3. The third kappa shape index (κ3) is 6.48. The van der Waals surface area contributed by atoms with Gasteiger partial charge in [-0.25, -0.2) is 0 Å². The summed E-state index contributed by atoms with van der Waals surface area (Å²) in [5.74, 6) is -0.880. The summed E-state index contributed by atoms with van der Waals surface area (Å²) in [5.41, 5.74) is 0.827. The number of hydrogen-bond acceptors (Lipinski definition) is 8. The number of hydrogen-bond donors (Lipinski definition) is 1. The molecule has 0 bridgehead atoms. The molecule has 1 fully saturated rings. The van der Waals surface area contributed by atoms with Crippen molar-refractivity contribution in [3.05, 3.63) is 59.2 Å². The number of Topliss-reactive ketones (excluding diaryl/α,β-unsaturated/α-hetero) is 1. The van der Waals surface area contributed by atoms with E-state index in [0.29, 0.717) is 41.7 Å². The molecule has 0 radical (unpaired) electrons. The summed E-state index contributed by atoms with van der Waals surface area (Å²) in [6, 6.07) is 10.7. The fourth-order valence-electron chi connectivity index (χ4n) is 3.99. The first-order valence-corrected chi connectivity index (χ1v) is 12.1. The van der Waals surface area contributed by atoms with Gasteiger partial charge in [0.1, 0.15) is 11.5 Å². The zero-order valence-corrected chi connectivity index (χ0v) is 22.1. The molecule has 2 aromatic rings. The van der Waals surface area contributed by atoms with Gasteiger partial charge in [0.2, 0.25) is 0 Å². The van der Waals surface area contributed by atoms with Gasteiger partial charge in [0.05, 0.1) is 25.3 Å². The molecule has 37 heavy (non-hydrogen) atoms. The van der Waals surface area contributed by atoms with E-state index in [1.54, 1.807) is 42.5 Å².